The van der Waals surface area contributed by atoms with Crippen molar-refractivity contribution >= 4 is 17.3 Å². The first-order chi connectivity index (χ1) is 7.75. The Morgan fingerprint density at radius 1 is 1.19 bits per heavy atom. The van der Waals surface area contributed by atoms with E-state index in [0.29, 0.717) is 0 Å². The molecule has 2 aromatic rings. The average Bonchev–Trinajstić information content (AvgIpc) is 2.30. The lowest BCUT2D eigenvalue weighted by Gasteiger charge is -2.18. The second-order valence-corrected chi connectivity index (χ2v) is 4.09. The van der Waals surface area contributed by atoms with Crippen LogP contribution in [0.1, 0.15) is 5.69 Å². The van der Waals surface area contributed by atoms with Gasteiger partial charge in [0.2, 0.25) is 0 Å². The standard InChI is InChI=1S/C13H13ClN2/c1-16(13-5-3-2-4-6-13)10-12-9-11(14)7-8-15-12/h2-9H,10H2,1H3. The normalized spacial score (nSPS) is 10.1. The highest BCUT2D eigenvalue weighted by Gasteiger charge is 2.02. The molecule has 82 valence electrons. The van der Waals surface area contributed by atoms with E-state index >= 15 is 0 Å². The predicted octanol–water partition coefficient (Wildman–Crippen LogP) is 3.37. The van der Waals surface area contributed by atoms with Crippen LogP contribution in [0.3, 0.4) is 0 Å². The molecule has 1 aromatic heterocycles. The van der Waals surface area contributed by atoms with Gasteiger partial charge in [-0.3, -0.25) is 4.98 Å². The molecule has 2 nitrogen and oxygen atoms in total. The first-order valence-electron chi connectivity index (χ1n) is 5.12. The summed E-state index contributed by atoms with van der Waals surface area (Å²) in [5.41, 5.74) is 2.14. The van der Waals surface area contributed by atoms with Crippen LogP contribution >= 0.6 is 11.6 Å². The third-order valence-electron chi connectivity index (χ3n) is 2.37. The van der Waals surface area contributed by atoms with E-state index in [1.807, 2.05) is 31.3 Å². The lowest BCUT2D eigenvalue weighted by molar-refractivity contribution is 0.885. The Kier molecular flexibility index (Phi) is 3.42. The van der Waals surface area contributed by atoms with Gasteiger partial charge in [0, 0.05) is 24.0 Å². The second kappa shape index (κ2) is 4.99. The molecule has 1 heterocycles. The highest BCUT2D eigenvalue weighted by atomic mass is 35.5. The lowest BCUT2D eigenvalue weighted by Crippen LogP contribution is -2.16. The molecule has 3 heteroatoms. The van der Waals surface area contributed by atoms with Gasteiger partial charge in [0.05, 0.1) is 12.2 Å². The van der Waals surface area contributed by atoms with Crippen molar-refractivity contribution in [1.82, 2.24) is 4.98 Å². The van der Waals surface area contributed by atoms with Crippen LogP contribution in [0.15, 0.2) is 48.7 Å². The first kappa shape index (κ1) is 11.0. The van der Waals surface area contributed by atoms with E-state index in [0.717, 1.165) is 17.3 Å². The van der Waals surface area contributed by atoms with E-state index in [9.17, 15) is 0 Å². The fourth-order valence-electron chi connectivity index (χ4n) is 1.55. The van der Waals surface area contributed by atoms with Crippen LogP contribution in [-0.2, 0) is 6.54 Å². The van der Waals surface area contributed by atoms with Gasteiger partial charge in [0.15, 0.2) is 0 Å². The SMILES string of the molecule is CN(Cc1cc(Cl)ccn1)c1ccccc1. The molecule has 0 aliphatic carbocycles. The summed E-state index contributed by atoms with van der Waals surface area (Å²) >= 11 is 5.92. The summed E-state index contributed by atoms with van der Waals surface area (Å²) in [5, 5.41) is 0.728. The monoisotopic (exact) mass is 232 g/mol. The summed E-state index contributed by atoms with van der Waals surface area (Å²) in [6, 6.07) is 13.9. The number of benzene rings is 1. The maximum atomic E-state index is 5.92. The molecular weight excluding hydrogens is 220 g/mol. The summed E-state index contributed by atoms with van der Waals surface area (Å²) in [6.45, 7) is 0.755. The highest BCUT2D eigenvalue weighted by molar-refractivity contribution is 6.30. The van der Waals surface area contributed by atoms with Crippen LogP contribution in [0, 0.1) is 0 Å². The van der Waals surface area contributed by atoms with Crippen molar-refractivity contribution in [1.29, 1.82) is 0 Å². The minimum absolute atomic E-state index is 0.728. The van der Waals surface area contributed by atoms with Crippen molar-refractivity contribution in [3.05, 3.63) is 59.4 Å². The van der Waals surface area contributed by atoms with Crippen LogP contribution in [-0.4, -0.2) is 12.0 Å². The summed E-state index contributed by atoms with van der Waals surface area (Å²) in [6.07, 6.45) is 1.73. The fourth-order valence-corrected chi connectivity index (χ4v) is 1.73. The van der Waals surface area contributed by atoms with Gasteiger partial charge >= 0.3 is 0 Å². The van der Waals surface area contributed by atoms with Crippen LogP contribution in [0.25, 0.3) is 0 Å². The minimum Gasteiger partial charge on any atom is -0.369 e. The Morgan fingerprint density at radius 3 is 2.62 bits per heavy atom. The van der Waals surface area contributed by atoms with Gasteiger partial charge < -0.3 is 4.90 Å². The molecule has 1 aromatic carbocycles. The van der Waals surface area contributed by atoms with Crippen LogP contribution in [0.2, 0.25) is 5.02 Å². The van der Waals surface area contributed by atoms with Crippen molar-refractivity contribution in [3.63, 3.8) is 0 Å². The van der Waals surface area contributed by atoms with Crippen molar-refractivity contribution in [2.75, 3.05) is 11.9 Å². The number of hydrogen-bond acceptors (Lipinski definition) is 2. The molecule has 0 fully saturated rings. The number of rotatable bonds is 3. The van der Waals surface area contributed by atoms with Crippen LogP contribution < -0.4 is 4.90 Å². The smallest absolute Gasteiger partial charge is 0.0611 e. The molecule has 0 radical (unpaired) electrons. The number of nitrogens with zero attached hydrogens (tertiary/aromatic N) is 2. The zero-order valence-electron chi connectivity index (χ0n) is 9.10. The number of para-hydroxylation sites is 1. The molecule has 0 bridgehead atoms. The van der Waals surface area contributed by atoms with Gasteiger partial charge in [0.1, 0.15) is 0 Å². The van der Waals surface area contributed by atoms with Gasteiger partial charge in [-0.25, -0.2) is 0 Å². The molecule has 0 saturated carbocycles. The first-order valence-corrected chi connectivity index (χ1v) is 5.50. The molecule has 0 unspecified atom stereocenters. The van der Waals surface area contributed by atoms with Gasteiger partial charge in [-0.2, -0.15) is 0 Å². The zero-order chi connectivity index (χ0) is 11.4. The van der Waals surface area contributed by atoms with E-state index in [2.05, 4.69) is 22.0 Å². The van der Waals surface area contributed by atoms with Gasteiger partial charge in [0.25, 0.3) is 0 Å². The molecule has 0 atom stereocenters. The molecule has 0 amide bonds. The van der Waals surface area contributed by atoms with Gasteiger partial charge in [-0.15, -0.1) is 0 Å². The maximum absolute atomic E-state index is 5.92. The van der Waals surface area contributed by atoms with E-state index in [4.69, 9.17) is 11.6 Å². The largest absolute Gasteiger partial charge is 0.369 e. The summed E-state index contributed by atoms with van der Waals surface area (Å²) in [5.74, 6) is 0. The van der Waals surface area contributed by atoms with Gasteiger partial charge in [-0.05, 0) is 24.3 Å². The van der Waals surface area contributed by atoms with Crippen molar-refractivity contribution in [3.8, 4) is 0 Å². The van der Waals surface area contributed by atoms with E-state index < -0.39 is 0 Å². The number of pyridine rings is 1. The summed E-state index contributed by atoms with van der Waals surface area (Å²) in [7, 11) is 2.04. The van der Waals surface area contributed by atoms with Crippen molar-refractivity contribution in [2.24, 2.45) is 0 Å². The molecule has 16 heavy (non-hydrogen) atoms. The topological polar surface area (TPSA) is 16.1 Å². The molecule has 0 saturated heterocycles. The Hall–Kier alpha value is -1.54. The summed E-state index contributed by atoms with van der Waals surface area (Å²) < 4.78 is 0. The molecule has 2 rings (SSSR count). The molecule has 0 aliphatic heterocycles. The Balaban J connectivity index is 2.11. The number of aromatic nitrogens is 1. The Morgan fingerprint density at radius 2 is 1.94 bits per heavy atom. The minimum atomic E-state index is 0.728. The van der Waals surface area contributed by atoms with Crippen LogP contribution in [0.5, 0.6) is 0 Å². The van der Waals surface area contributed by atoms with Gasteiger partial charge in [-0.1, -0.05) is 29.8 Å². The fraction of sp³-hybridized carbons (Fsp3) is 0.154. The molecular formula is C13H13ClN2. The molecule has 0 spiro atoms. The molecule has 0 N–H and O–H groups in total. The third kappa shape index (κ3) is 2.74. The van der Waals surface area contributed by atoms with Crippen molar-refractivity contribution in [2.45, 2.75) is 6.54 Å². The number of anilines is 1. The van der Waals surface area contributed by atoms with E-state index in [1.165, 1.54) is 5.69 Å². The van der Waals surface area contributed by atoms with Crippen molar-refractivity contribution < 1.29 is 0 Å². The maximum Gasteiger partial charge on any atom is 0.0611 e. The Labute approximate surface area is 101 Å². The Bertz CT molecular complexity index is 456. The van der Waals surface area contributed by atoms with E-state index in [-0.39, 0.29) is 0 Å². The van der Waals surface area contributed by atoms with Crippen LogP contribution in [0.4, 0.5) is 5.69 Å². The predicted molar refractivity (Wildman–Crippen MR) is 67.8 cm³/mol. The quantitative estimate of drug-likeness (QED) is 0.807. The number of halogens is 1. The average molecular weight is 233 g/mol. The highest BCUT2D eigenvalue weighted by Crippen LogP contribution is 2.15. The third-order valence-corrected chi connectivity index (χ3v) is 2.61. The number of hydrogen-bond donors (Lipinski definition) is 0. The second-order valence-electron chi connectivity index (χ2n) is 3.66. The molecule has 0 aliphatic rings. The van der Waals surface area contributed by atoms with E-state index in [1.54, 1.807) is 12.3 Å². The zero-order valence-corrected chi connectivity index (χ0v) is 9.85. The summed E-state index contributed by atoms with van der Waals surface area (Å²) in [4.78, 5) is 6.42. The lowest BCUT2D eigenvalue weighted by atomic mass is 10.2.